The molecule has 0 unspecified atom stereocenters. The summed E-state index contributed by atoms with van der Waals surface area (Å²) < 4.78 is 5.87. The monoisotopic (exact) mass is 424 g/mol. The number of piperidine rings is 1. The summed E-state index contributed by atoms with van der Waals surface area (Å²) in [4.78, 5) is 25.3. The average molecular weight is 425 g/mol. The number of nitrogens with zero attached hydrogens (tertiary/aromatic N) is 7. The van der Waals surface area contributed by atoms with Gasteiger partial charge in [0, 0.05) is 63.3 Å². The Morgan fingerprint density at radius 3 is 2.52 bits per heavy atom. The zero-order valence-corrected chi connectivity index (χ0v) is 18.5. The number of aromatic nitrogens is 4. The molecule has 31 heavy (non-hydrogen) atoms. The zero-order valence-electron chi connectivity index (χ0n) is 18.5. The van der Waals surface area contributed by atoms with E-state index in [1.165, 1.54) is 25.9 Å². The van der Waals surface area contributed by atoms with Crippen LogP contribution in [0.4, 0.5) is 17.7 Å². The number of likely N-dealkylation sites (tertiary alicyclic amines) is 1. The summed E-state index contributed by atoms with van der Waals surface area (Å²) in [6.45, 7) is 8.98. The summed E-state index contributed by atoms with van der Waals surface area (Å²) in [6, 6.07) is 2.04. The van der Waals surface area contributed by atoms with Gasteiger partial charge < -0.3 is 25.2 Å². The molecule has 5 heterocycles. The summed E-state index contributed by atoms with van der Waals surface area (Å²) in [5, 5.41) is 0. The Balaban J connectivity index is 1.44. The summed E-state index contributed by atoms with van der Waals surface area (Å²) in [5.41, 5.74) is 7.88. The lowest BCUT2D eigenvalue weighted by molar-refractivity contribution is 0.00110. The largest absolute Gasteiger partial charge is 0.375 e. The summed E-state index contributed by atoms with van der Waals surface area (Å²) >= 11 is 0. The third-order valence-corrected chi connectivity index (χ3v) is 6.90. The standard InChI is InChI=1S/C22H32N8O/c1-3-17-13-30(8-9-31-17)19-10-18(16-11-24-20(23)25-12-16)26-21(27-19)29-6-4-22(5-7-29)14-28(2)15-22/h10-12,17H,3-9,13-15H2,1-2H3,(H2,23,24,25)/t17-/m0/s1. The maximum atomic E-state index is 5.87. The number of hydrogen-bond acceptors (Lipinski definition) is 9. The van der Waals surface area contributed by atoms with E-state index in [4.69, 9.17) is 20.4 Å². The first-order chi connectivity index (χ1) is 15.0. The number of hydrogen-bond donors (Lipinski definition) is 1. The molecule has 5 rings (SSSR count). The second-order valence-electron chi connectivity index (χ2n) is 9.25. The minimum atomic E-state index is 0.237. The highest BCUT2D eigenvalue weighted by molar-refractivity contribution is 5.64. The Labute approximate surface area is 183 Å². The molecule has 2 N–H and O–H groups in total. The van der Waals surface area contributed by atoms with E-state index in [0.29, 0.717) is 5.41 Å². The smallest absolute Gasteiger partial charge is 0.227 e. The van der Waals surface area contributed by atoms with Crippen molar-refractivity contribution in [1.29, 1.82) is 0 Å². The number of nitrogens with two attached hydrogens (primary N) is 1. The van der Waals surface area contributed by atoms with Gasteiger partial charge >= 0.3 is 0 Å². The molecule has 2 aromatic rings. The Morgan fingerprint density at radius 2 is 1.84 bits per heavy atom. The van der Waals surface area contributed by atoms with Crippen LogP contribution in [0.25, 0.3) is 11.3 Å². The van der Waals surface area contributed by atoms with Gasteiger partial charge in [0.2, 0.25) is 11.9 Å². The first-order valence-corrected chi connectivity index (χ1v) is 11.3. The van der Waals surface area contributed by atoms with E-state index in [1.807, 2.05) is 6.07 Å². The molecule has 0 aromatic carbocycles. The van der Waals surface area contributed by atoms with Crippen LogP contribution in [0.3, 0.4) is 0 Å². The van der Waals surface area contributed by atoms with E-state index in [2.05, 4.69) is 38.6 Å². The van der Waals surface area contributed by atoms with Crippen molar-refractivity contribution >= 4 is 17.7 Å². The second kappa shape index (κ2) is 8.20. The maximum Gasteiger partial charge on any atom is 0.227 e. The lowest BCUT2D eigenvalue weighted by Crippen LogP contribution is -2.58. The quantitative estimate of drug-likeness (QED) is 0.786. The van der Waals surface area contributed by atoms with Crippen LogP contribution in [-0.2, 0) is 4.74 Å². The van der Waals surface area contributed by atoms with Crippen molar-refractivity contribution < 1.29 is 4.74 Å². The molecule has 3 aliphatic rings. The number of morpholine rings is 1. The molecular weight excluding hydrogens is 392 g/mol. The van der Waals surface area contributed by atoms with E-state index in [1.54, 1.807) is 12.4 Å². The average Bonchev–Trinajstić information content (AvgIpc) is 2.79. The second-order valence-corrected chi connectivity index (χ2v) is 9.25. The summed E-state index contributed by atoms with van der Waals surface area (Å²) in [5.74, 6) is 2.01. The van der Waals surface area contributed by atoms with Gasteiger partial charge in [0.05, 0.1) is 18.4 Å². The van der Waals surface area contributed by atoms with E-state index in [0.717, 1.165) is 62.2 Å². The van der Waals surface area contributed by atoms with Gasteiger partial charge in [-0.15, -0.1) is 0 Å². The molecule has 2 aromatic heterocycles. The van der Waals surface area contributed by atoms with Crippen LogP contribution < -0.4 is 15.5 Å². The van der Waals surface area contributed by atoms with Gasteiger partial charge in [0.1, 0.15) is 5.82 Å². The Morgan fingerprint density at radius 1 is 1.10 bits per heavy atom. The van der Waals surface area contributed by atoms with Crippen LogP contribution in [0.15, 0.2) is 18.5 Å². The fourth-order valence-electron chi connectivity index (χ4n) is 5.11. The molecule has 0 bridgehead atoms. The topological polar surface area (TPSA) is 96.5 Å². The normalized spacial score (nSPS) is 23.7. The first-order valence-electron chi connectivity index (χ1n) is 11.3. The van der Waals surface area contributed by atoms with Crippen LogP contribution in [0, 0.1) is 5.41 Å². The van der Waals surface area contributed by atoms with Gasteiger partial charge in [0.15, 0.2) is 0 Å². The molecule has 166 valence electrons. The first kappa shape index (κ1) is 20.4. The lowest BCUT2D eigenvalue weighted by Gasteiger charge is -2.52. The molecule has 9 nitrogen and oxygen atoms in total. The zero-order chi connectivity index (χ0) is 21.4. The van der Waals surface area contributed by atoms with Crippen molar-refractivity contribution in [3.05, 3.63) is 18.5 Å². The highest BCUT2D eigenvalue weighted by atomic mass is 16.5. The fraction of sp³-hybridized carbons (Fsp3) is 0.636. The highest BCUT2D eigenvalue weighted by Gasteiger charge is 2.43. The summed E-state index contributed by atoms with van der Waals surface area (Å²) in [7, 11) is 2.21. The third-order valence-electron chi connectivity index (χ3n) is 6.90. The molecule has 0 amide bonds. The number of rotatable bonds is 4. The molecule has 0 radical (unpaired) electrons. The van der Waals surface area contributed by atoms with Gasteiger partial charge in [-0.3, -0.25) is 0 Å². The molecular formula is C22H32N8O. The molecule has 9 heteroatoms. The van der Waals surface area contributed by atoms with Gasteiger partial charge in [-0.05, 0) is 31.7 Å². The van der Waals surface area contributed by atoms with Crippen LogP contribution in [0.1, 0.15) is 26.2 Å². The van der Waals surface area contributed by atoms with Crippen molar-refractivity contribution in [2.45, 2.75) is 32.3 Å². The molecule has 3 aliphatic heterocycles. The lowest BCUT2D eigenvalue weighted by atomic mass is 9.72. The SMILES string of the molecule is CC[C@H]1CN(c2cc(-c3cnc(N)nc3)nc(N3CCC4(CC3)CN(C)C4)n2)CCO1. The number of anilines is 3. The predicted molar refractivity (Wildman–Crippen MR) is 121 cm³/mol. The van der Waals surface area contributed by atoms with Gasteiger partial charge in [0.25, 0.3) is 0 Å². The molecule has 0 saturated carbocycles. The molecule has 3 saturated heterocycles. The molecule has 0 aliphatic carbocycles. The minimum Gasteiger partial charge on any atom is -0.375 e. The Bertz CT molecular complexity index is 904. The van der Waals surface area contributed by atoms with Gasteiger partial charge in [-0.25, -0.2) is 15.0 Å². The van der Waals surface area contributed by atoms with Crippen LogP contribution in [-0.4, -0.2) is 83.9 Å². The number of nitrogen functional groups attached to an aromatic ring is 1. The van der Waals surface area contributed by atoms with E-state index >= 15 is 0 Å². The van der Waals surface area contributed by atoms with Crippen molar-refractivity contribution in [3.8, 4) is 11.3 Å². The predicted octanol–water partition coefficient (Wildman–Crippen LogP) is 1.66. The van der Waals surface area contributed by atoms with Crippen molar-refractivity contribution in [2.24, 2.45) is 5.41 Å². The van der Waals surface area contributed by atoms with Crippen LogP contribution >= 0.6 is 0 Å². The maximum absolute atomic E-state index is 5.87. The van der Waals surface area contributed by atoms with E-state index < -0.39 is 0 Å². The van der Waals surface area contributed by atoms with Crippen molar-refractivity contribution in [2.75, 3.05) is 68.5 Å². The van der Waals surface area contributed by atoms with Crippen LogP contribution in [0.2, 0.25) is 0 Å². The highest BCUT2D eigenvalue weighted by Crippen LogP contribution is 2.40. The van der Waals surface area contributed by atoms with Crippen molar-refractivity contribution in [1.82, 2.24) is 24.8 Å². The minimum absolute atomic E-state index is 0.237. The van der Waals surface area contributed by atoms with Crippen molar-refractivity contribution in [3.63, 3.8) is 0 Å². The molecule has 1 atom stereocenters. The van der Waals surface area contributed by atoms with E-state index in [-0.39, 0.29) is 12.1 Å². The van der Waals surface area contributed by atoms with E-state index in [9.17, 15) is 0 Å². The summed E-state index contributed by atoms with van der Waals surface area (Å²) in [6.07, 6.45) is 7.10. The van der Waals surface area contributed by atoms with Gasteiger partial charge in [-0.2, -0.15) is 4.98 Å². The number of ether oxygens (including phenoxy) is 1. The van der Waals surface area contributed by atoms with Gasteiger partial charge in [-0.1, -0.05) is 6.92 Å². The molecule has 3 fully saturated rings. The van der Waals surface area contributed by atoms with Crippen LogP contribution in [0.5, 0.6) is 0 Å². The third kappa shape index (κ3) is 4.16. The Hall–Kier alpha value is -2.52. The molecule has 1 spiro atoms. The Kier molecular flexibility index (Phi) is 5.39. The fourth-order valence-corrected chi connectivity index (χ4v) is 5.11.